The van der Waals surface area contributed by atoms with E-state index in [4.69, 9.17) is 0 Å². The summed E-state index contributed by atoms with van der Waals surface area (Å²) in [4.78, 5) is 0. The Hall–Kier alpha value is -5.38. The average molecular weight is 880 g/mol. The van der Waals surface area contributed by atoms with Crippen molar-refractivity contribution in [2.24, 2.45) is 46.3 Å². The van der Waals surface area contributed by atoms with Gasteiger partial charge in [0.15, 0.2) is 7.28 Å². The SMILES string of the molecule is Cc1cc(-c2cc3sc4ccccc4c3cc2Nc2ccc(-c3ccccc3)cc2)c2c(c1)C1Cc3ccc(C45CC6CC7CC(C4)C76C5)cc3-c3cc(C45CC6CC7CC(C4)C765)cc(c31)B2. The second-order valence-corrected chi connectivity index (χ2v) is 25.5. The number of rotatable bonds is 6. The minimum absolute atomic E-state index is 0.372. The Balaban J connectivity index is 0.811. The van der Waals surface area contributed by atoms with Gasteiger partial charge < -0.3 is 5.32 Å². The van der Waals surface area contributed by atoms with Crippen molar-refractivity contribution in [2.45, 2.75) is 87.9 Å². The summed E-state index contributed by atoms with van der Waals surface area (Å²) in [7, 11) is 1.01. The molecule has 7 aromatic carbocycles. The lowest BCUT2D eigenvalue weighted by Crippen LogP contribution is -2.87. The molecule has 2 spiro atoms. The highest BCUT2D eigenvalue weighted by Gasteiger charge is 2.87. The maximum absolute atomic E-state index is 4.04. The average Bonchev–Trinajstić information content (AvgIpc) is 3.96. The summed E-state index contributed by atoms with van der Waals surface area (Å²) in [5.41, 5.74) is 25.9. The number of hydrogen-bond donors (Lipinski definition) is 1. The van der Waals surface area contributed by atoms with E-state index in [-0.39, 0.29) is 0 Å². The van der Waals surface area contributed by atoms with E-state index in [1.807, 2.05) is 11.3 Å². The first-order valence-corrected chi connectivity index (χ1v) is 27.0. The molecular formula is C64H54BNS. The van der Waals surface area contributed by atoms with Crippen molar-refractivity contribution >= 4 is 61.1 Å². The molecule has 1 aromatic heterocycles. The minimum atomic E-state index is 0.372. The summed E-state index contributed by atoms with van der Waals surface area (Å²) < 4.78 is 2.73. The second-order valence-electron chi connectivity index (χ2n) is 24.4. The molecule has 9 aliphatic carbocycles. The molecule has 0 saturated heterocycles. The molecule has 1 N–H and O–H groups in total. The molecule has 1 nitrogen and oxygen atoms in total. The van der Waals surface area contributed by atoms with Gasteiger partial charge in [-0.3, -0.25) is 0 Å². The lowest BCUT2D eigenvalue weighted by Gasteiger charge is -2.91. The maximum atomic E-state index is 4.04. The van der Waals surface area contributed by atoms with Crippen LogP contribution in [-0.4, -0.2) is 7.28 Å². The van der Waals surface area contributed by atoms with Crippen molar-refractivity contribution in [1.82, 2.24) is 0 Å². The van der Waals surface area contributed by atoms with Crippen LogP contribution in [0.4, 0.5) is 11.4 Å². The molecule has 8 fully saturated rings. The van der Waals surface area contributed by atoms with Crippen LogP contribution in [0.5, 0.6) is 0 Å². The minimum Gasteiger partial charge on any atom is -0.355 e. The largest absolute Gasteiger partial charge is 0.355 e. The van der Waals surface area contributed by atoms with E-state index >= 15 is 0 Å². The number of fused-ring (bicyclic) bond motifs is 8. The molecule has 3 heteroatoms. The van der Waals surface area contributed by atoms with Crippen molar-refractivity contribution in [2.75, 3.05) is 5.32 Å². The molecule has 5 atom stereocenters. The summed E-state index contributed by atoms with van der Waals surface area (Å²) in [6.45, 7) is 2.36. The number of thiophene rings is 1. The third kappa shape index (κ3) is 4.17. The predicted octanol–water partition coefficient (Wildman–Crippen LogP) is 14.3. The number of aryl methyl sites for hydroxylation is 1. The van der Waals surface area contributed by atoms with Gasteiger partial charge in [0.05, 0.1) is 0 Å². The lowest BCUT2D eigenvalue weighted by atomic mass is 9.12. The van der Waals surface area contributed by atoms with Crippen LogP contribution in [0.2, 0.25) is 0 Å². The molecule has 18 rings (SSSR count). The number of benzene rings is 7. The zero-order chi connectivity index (χ0) is 43.3. The Labute approximate surface area is 398 Å². The molecule has 1 aliphatic heterocycles. The Morgan fingerprint density at radius 3 is 2.12 bits per heavy atom. The number of hydrogen-bond acceptors (Lipinski definition) is 2. The summed E-state index contributed by atoms with van der Waals surface area (Å²) in [6.07, 6.45) is 14.5. The van der Waals surface area contributed by atoms with Crippen molar-refractivity contribution in [3.05, 3.63) is 167 Å². The fourth-order valence-electron chi connectivity index (χ4n) is 19.9. The fraction of sp³-hybridized carbons (Fsp3) is 0.344. The summed E-state index contributed by atoms with van der Waals surface area (Å²) in [6, 6.07) is 52.8. The smallest absolute Gasteiger partial charge is 0.193 e. The molecule has 67 heavy (non-hydrogen) atoms. The van der Waals surface area contributed by atoms with Crippen LogP contribution in [0.15, 0.2) is 133 Å². The van der Waals surface area contributed by atoms with Crippen LogP contribution in [-0.2, 0) is 17.3 Å². The van der Waals surface area contributed by atoms with Gasteiger partial charge in [0.25, 0.3) is 0 Å². The number of nitrogens with one attached hydrogen (secondary N) is 1. The van der Waals surface area contributed by atoms with Gasteiger partial charge in [0, 0.05) is 48.4 Å². The van der Waals surface area contributed by atoms with E-state index in [1.54, 1.807) is 49.9 Å². The highest BCUT2D eigenvalue weighted by atomic mass is 32.1. The van der Waals surface area contributed by atoms with Gasteiger partial charge in [0.2, 0.25) is 0 Å². The van der Waals surface area contributed by atoms with Gasteiger partial charge in [-0.25, -0.2) is 0 Å². The molecule has 5 unspecified atom stereocenters. The lowest BCUT2D eigenvalue weighted by molar-refractivity contribution is -0.395. The van der Waals surface area contributed by atoms with Crippen molar-refractivity contribution < 1.29 is 0 Å². The molecular weight excluding hydrogens is 826 g/mol. The van der Waals surface area contributed by atoms with E-state index in [0.717, 1.165) is 60.3 Å². The van der Waals surface area contributed by atoms with E-state index in [9.17, 15) is 0 Å². The van der Waals surface area contributed by atoms with Crippen LogP contribution in [0.25, 0.3) is 53.6 Å². The molecule has 0 radical (unpaired) electrons. The normalized spacial score (nSPS) is 34.9. The molecule has 0 amide bonds. The first kappa shape index (κ1) is 36.6. The Morgan fingerprint density at radius 2 is 1.34 bits per heavy atom. The molecule has 324 valence electrons. The molecule has 2 bridgehead atoms. The third-order valence-electron chi connectivity index (χ3n) is 22.4. The van der Waals surface area contributed by atoms with Crippen LogP contribution in [0.1, 0.15) is 97.1 Å². The van der Waals surface area contributed by atoms with Gasteiger partial charge in [0.1, 0.15) is 0 Å². The van der Waals surface area contributed by atoms with Gasteiger partial charge in [-0.1, -0.05) is 120 Å². The zero-order valence-corrected chi connectivity index (χ0v) is 39.2. The highest BCUT2D eigenvalue weighted by molar-refractivity contribution is 7.25. The van der Waals surface area contributed by atoms with E-state index in [0.29, 0.717) is 22.2 Å². The quantitative estimate of drug-likeness (QED) is 0.164. The number of anilines is 2. The topological polar surface area (TPSA) is 12.0 Å². The predicted molar refractivity (Wildman–Crippen MR) is 279 cm³/mol. The monoisotopic (exact) mass is 879 g/mol. The summed E-state index contributed by atoms with van der Waals surface area (Å²) >= 11 is 1.94. The van der Waals surface area contributed by atoms with Gasteiger partial charge in [-0.2, -0.15) is 0 Å². The molecule has 8 saturated carbocycles. The standard InChI is InChI=1S/C64H54BNS/c1-34-17-53(49-28-58-50(47-9-5-6-10-57(47)67-58)27-56(49)66-46-15-12-36(13-16-46)35-7-3-2-4-8-35)60-54(18-34)51-19-37-11-14-38(61-29-42-20-40-21-43(30-61)63(40,42)33-61)24-48(37)52-25-39(26-55(65-60)59(51)52)62-31-44-22-41-23-45(32-62)64(41,44)62/h2-18,24-28,40-45,51,65-66H,19-23,29-33H2,1H3. The van der Waals surface area contributed by atoms with E-state index in [2.05, 4.69) is 146 Å². The highest BCUT2D eigenvalue weighted by Crippen LogP contribution is 2.92. The van der Waals surface area contributed by atoms with E-state index in [1.165, 1.54) is 111 Å². The summed E-state index contributed by atoms with van der Waals surface area (Å²) in [5.74, 6) is 6.46. The molecule has 10 aliphatic rings. The summed E-state index contributed by atoms with van der Waals surface area (Å²) in [5, 5.41) is 6.73. The maximum Gasteiger partial charge on any atom is 0.193 e. The third-order valence-corrected chi connectivity index (χ3v) is 23.5. The first-order chi connectivity index (χ1) is 32.9. The zero-order valence-electron chi connectivity index (χ0n) is 38.4. The molecule has 2 heterocycles. The van der Waals surface area contributed by atoms with Crippen molar-refractivity contribution in [3.8, 4) is 33.4 Å². The first-order valence-electron chi connectivity index (χ1n) is 26.2. The Morgan fingerprint density at radius 1 is 0.582 bits per heavy atom. The van der Waals surface area contributed by atoms with E-state index < -0.39 is 0 Å². The van der Waals surface area contributed by atoms with Crippen LogP contribution in [0.3, 0.4) is 0 Å². The Bertz CT molecular complexity index is 3540. The van der Waals surface area contributed by atoms with Gasteiger partial charge >= 0.3 is 0 Å². The van der Waals surface area contributed by atoms with Crippen LogP contribution < -0.4 is 16.2 Å². The van der Waals surface area contributed by atoms with Crippen LogP contribution >= 0.6 is 11.3 Å². The molecule has 8 aromatic rings. The fourth-order valence-corrected chi connectivity index (χ4v) is 21.1. The van der Waals surface area contributed by atoms with Crippen molar-refractivity contribution in [1.29, 1.82) is 0 Å². The Kier molecular flexibility index (Phi) is 6.50. The van der Waals surface area contributed by atoms with Crippen molar-refractivity contribution in [3.63, 3.8) is 0 Å². The van der Waals surface area contributed by atoms with Gasteiger partial charge in [-0.15, -0.1) is 11.3 Å². The van der Waals surface area contributed by atoms with Crippen LogP contribution in [0, 0.1) is 53.3 Å². The second kappa shape index (κ2) is 11.9. The van der Waals surface area contributed by atoms with Gasteiger partial charge in [-0.05, 0) is 209 Å².